The van der Waals surface area contributed by atoms with E-state index >= 15 is 0 Å². The fourth-order valence-corrected chi connectivity index (χ4v) is 5.54. The maximum atomic E-state index is 6.35. The second kappa shape index (κ2) is 10.8. The normalized spacial score (nSPS) is 11.3. The first kappa shape index (κ1) is 25.9. The molecule has 4 aromatic carbocycles. The Morgan fingerprint density at radius 1 is 0.500 bits per heavy atom. The SMILES string of the molecule is Clc1nc(-c2ccc(-c3cc(-c4ccc(-c5ccccc5)cc4)nc(-c4ccccc4)n3)cc2)c2oc3ncccc3c2n1. The minimum atomic E-state index is 0.148. The zero-order valence-electron chi connectivity index (χ0n) is 23.2. The van der Waals surface area contributed by atoms with Crippen LogP contribution in [-0.2, 0) is 0 Å². The topological polar surface area (TPSA) is 77.6 Å². The Bertz CT molecular complexity index is 2270. The van der Waals surface area contributed by atoms with Crippen molar-refractivity contribution in [1.29, 1.82) is 0 Å². The number of benzene rings is 4. The smallest absolute Gasteiger partial charge is 0.229 e. The molecule has 8 rings (SSSR count). The summed E-state index contributed by atoms with van der Waals surface area (Å²) in [5, 5.41) is 0.942. The summed E-state index contributed by atoms with van der Waals surface area (Å²) in [6, 6.07) is 42.7. The molecule has 44 heavy (non-hydrogen) atoms. The van der Waals surface area contributed by atoms with Crippen molar-refractivity contribution >= 4 is 33.8 Å². The summed E-state index contributed by atoms with van der Waals surface area (Å²) in [5.41, 5.74) is 10.0. The molecule has 0 spiro atoms. The van der Waals surface area contributed by atoms with Crippen molar-refractivity contribution in [3.8, 4) is 56.3 Å². The van der Waals surface area contributed by atoms with Crippen LogP contribution in [0.15, 0.2) is 138 Å². The van der Waals surface area contributed by atoms with Gasteiger partial charge in [0.2, 0.25) is 11.0 Å². The van der Waals surface area contributed by atoms with Crippen LogP contribution in [0.4, 0.5) is 0 Å². The Balaban J connectivity index is 1.21. The van der Waals surface area contributed by atoms with Gasteiger partial charge in [-0.15, -0.1) is 0 Å². The number of hydrogen-bond acceptors (Lipinski definition) is 6. The number of furan rings is 1. The molecule has 0 aliphatic heterocycles. The molecule has 7 heteroatoms. The Labute approximate surface area is 257 Å². The van der Waals surface area contributed by atoms with Crippen LogP contribution in [-0.4, -0.2) is 24.9 Å². The minimum Gasteiger partial charge on any atom is -0.434 e. The second-order valence-corrected chi connectivity index (χ2v) is 10.7. The van der Waals surface area contributed by atoms with E-state index in [-0.39, 0.29) is 5.28 Å². The lowest BCUT2D eigenvalue weighted by Crippen LogP contribution is -1.96. The molecule has 8 aromatic rings. The largest absolute Gasteiger partial charge is 0.434 e. The predicted octanol–water partition coefficient (Wildman–Crippen LogP) is 9.55. The van der Waals surface area contributed by atoms with E-state index < -0.39 is 0 Å². The van der Waals surface area contributed by atoms with Gasteiger partial charge in [0.1, 0.15) is 11.2 Å². The van der Waals surface area contributed by atoms with Crippen LogP contribution < -0.4 is 0 Å². The lowest BCUT2D eigenvalue weighted by Gasteiger charge is -2.11. The molecule has 4 heterocycles. The summed E-state index contributed by atoms with van der Waals surface area (Å²) in [6.45, 7) is 0. The molecule has 0 atom stereocenters. The van der Waals surface area contributed by atoms with Crippen LogP contribution in [0.2, 0.25) is 5.28 Å². The fourth-order valence-electron chi connectivity index (χ4n) is 5.37. The molecule has 0 N–H and O–H groups in total. The van der Waals surface area contributed by atoms with E-state index in [0.717, 1.165) is 44.6 Å². The van der Waals surface area contributed by atoms with Gasteiger partial charge in [0, 0.05) is 28.5 Å². The van der Waals surface area contributed by atoms with Crippen molar-refractivity contribution in [2.75, 3.05) is 0 Å². The maximum absolute atomic E-state index is 6.35. The molecular weight excluding hydrogens is 566 g/mol. The van der Waals surface area contributed by atoms with Crippen molar-refractivity contribution in [2.24, 2.45) is 0 Å². The van der Waals surface area contributed by atoms with Crippen LogP contribution in [0.1, 0.15) is 0 Å². The van der Waals surface area contributed by atoms with E-state index in [1.165, 1.54) is 5.56 Å². The summed E-state index contributed by atoms with van der Waals surface area (Å²) in [6.07, 6.45) is 1.69. The molecule has 0 radical (unpaired) electrons. The van der Waals surface area contributed by atoms with Crippen molar-refractivity contribution < 1.29 is 4.42 Å². The summed E-state index contributed by atoms with van der Waals surface area (Å²) >= 11 is 6.35. The second-order valence-electron chi connectivity index (χ2n) is 10.3. The van der Waals surface area contributed by atoms with E-state index in [0.29, 0.717) is 28.3 Å². The zero-order chi connectivity index (χ0) is 29.5. The van der Waals surface area contributed by atoms with Gasteiger partial charge in [-0.3, -0.25) is 0 Å². The van der Waals surface area contributed by atoms with Gasteiger partial charge >= 0.3 is 0 Å². The standard InChI is InChI=1S/C37H22ClN5O/c38-37-42-32(34-33(43-37)29-12-7-21-39-36(29)44-34)27-19-17-26(18-20-27)31-22-30(40-35(41-31)28-10-5-2-6-11-28)25-15-13-24(14-16-25)23-8-3-1-4-9-23/h1-22H. The highest BCUT2D eigenvalue weighted by molar-refractivity contribution is 6.29. The third-order valence-corrected chi connectivity index (χ3v) is 7.73. The highest BCUT2D eigenvalue weighted by Crippen LogP contribution is 2.35. The van der Waals surface area contributed by atoms with Gasteiger partial charge in [0.25, 0.3) is 0 Å². The Morgan fingerprint density at radius 3 is 1.73 bits per heavy atom. The molecule has 0 fully saturated rings. The van der Waals surface area contributed by atoms with Gasteiger partial charge in [0.15, 0.2) is 11.4 Å². The summed E-state index contributed by atoms with van der Waals surface area (Å²) in [7, 11) is 0. The summed E-state index contributed by atoms with van der Waals surface area (Å²) in [5.74, 6) is 0.661. The number of fused-ring (bicyclic) bond motifs is 3. The maximum Gasteiger partial charge on any atom is 0.229 e. The minimum absolute atomic E-state index is 0.148. The van der Waals surface area contributed by atoms with Crippen molar-refractivity contribution in [3.05, 3.63) is 139 Å². The average molecular weight is 588 g/mol. The van der Waals surface area contributed by atoms with Crippen LogP contribution in [0.5, 0.6) is 0 Å². The third-order valence-electron chi connectivity index (χ3n) is 7.56. The predicted molar refractivity (Wildman–Crippen MR) is 175 cm³/mol. The molecule has 0 unspecified atom stereocenters. The van der Waals surface area contributed by atoms with Gasteiger partial charge in [0.05, 0.1) is 16.8 Å². The molecular formula is C37H22ClN5O. The molecule has 0 saturated carbocycles. The van der Waals surface area contributed by atoms with Gasteiger partial charge in [-0.05, 0) is 40.9 Å². The summed E-state index contributed by atoms with van der Waals surface area (Å²) in [4.78, 5) is 23.2. The molecule has 4 aromatic heterocycles. The van der Waals surface area contributed by atoms with Crippen molar-refractivity contribution in [3.63, 3.8) is 0 Å². The number of halogens is 1. The van der Waals surface area contributed by atoms with Gasteiger partial charge < -0.3 is 4.42 Å². The number of aromatic nitrogens is 5. The first-order valence-corrected chi connectivity index (χ1v) is 14.5. The van der Waals surface area contributed by atoms with E-state index in [9.17, 15) is 0 Å². The Morgan fingerprint density at radius 2 is 1.07 bits per heavy atom. The molecule has 208 valence electrons. The summed E-state index contributed by atoms with van der Waals surface area (Å²) < 4.78 is 6.06. The third kappa shape index (κ3) is 4.77. The highest BCUT2D eigenvalue weighted by atomic mass is 35.5. The number of pyridine rings is 1. The van der Waals surface area contributed by atoms with Crippen LogP contribution in [0, 0.1) is 0 Å². The first-order valence-electron chi connectivity index (χ1n) is 14.1. The van der Waals surface area contributed by atoms with Crippen LogP contribution in [0.25, 0.3) is 78.5 Å². The fraction of sp³-hybridized carbons (Fsp3) is 0. The zero-order valence-corrected chi connectivity index (χ0v) is 24.0. The van der Waals surface area contributed by atoms with E-state index in [4.69, 9.17) is 26.0 Å². The van der Waals surface area contributed by atoms with Crippen molar-refractivity contribution in [1.82, 2.24) is 24.9 Å². The lowest BCUT2D eigenvalue weighted by atomic mass is 10.0. The molecule has 6 nitrogen and oxygen atoms in total. The van der Waals surface area contributed by atoms with Crippen LogP contribution >= 0.6 is 11.6 Å². The molecule has 0 saturated heterocycles. The number of nitrogens with zero attached hydrogens (tertiary/aromatic N) is 5. The van der Waals surface area contributed by atoms with Gasteiger partial charge in [-0.1, -0.05) is 109 Å². The van der Waals surface area contributed by atoms with E-state index in [2.05, 4.69) is 51.4 Å². The molecule has 0 aliphatic carbocycles. The highest BCUT2D eigenvalue weighted by Gasteiger charge is 2.18. The van der Waals surface area contributed by atoms with Gasteiger partial charge in [-0.2, -0.15) is 0 Å². The quantitative estimate of drug-likeness (QED) is 0.187. The van der Waals surface area contributed by atoms with Gasteiger partial charge in [-0.25, -0.2) is 24.9 Å². The molecule has 0 aliphatic rings. The number of hydrogen-bond donors (Lipinski definition) is 0. The van der Waals surface area contributed by atoms with Crippen molar-refractivity contribution in [2.45, 2.75) is 0 Å². The first-order chi connectivity index (χ1) is 21.7. The monoisotopic (exact) mass is 587 g/mol. The number of rotatable bonds is 5. The average Bonchev–Trinajstić information content (AvgIpc) is 3.47. The molecule has 0 bridgehead atoms. The van der Waals surface area contributed by atoms with E-state index in [1.807, 2.05) is 91.0 Å². The Hall–Kier alpha value is -5.72. The van der Waals surface area contributed by atoms with Crippen LogP contribution in [0.3, 0.4) is 0 Å². The van der Waals surface area contributed by atoms with E-state index in [1.54, 1.807) is 6.20 Å². The Kier molecular flexibility index (Phi) is 6.39. The lowest BCUT2D eigenvalue weighted by molar-refractivity contribution is 0.652. The molecule has 0 amide bonds.